The minimum absolute atomic E-state index is 0.00966. The molecule has 1 N–H and O–H groups in total. The summed E-state index contributed by atoms with van der Waals surface area (Å²) >= 11 is 6.27. The van der Waals surface area contributed by atoms with Crippen LogP contribution in [0.1, 0.15) is 56.0 Å². The molecular weight excluding hydrogens is 454 g/mol. The molecule has 0 aliphatic rings. The van der Waals surface area contributed by atoms with Crippen molar-refractivity contribution in [2.75, 3.05) is 13.1 Å². The Morgan fingerprint density at radius 1 is 1.09 bits per heavy atom. The van der Waals surface area contributed by atoms with Gasteiger partial charge in [0.25, 0.3) is 0 Å². The van der Waals surface area contributed by atoms with E-state index in [-0.39, 0.29) is 17.6 Å². The van der Waals surface area contributed by atoms with E-state index in [1.165, 1.54) is 4.57 Å². The highest BCUT2D eigenvalue weighted by Crippen LogP contribution is 2.18. The number of Topliss-reactive ketones (excluding diaryl/α,β-unsaturated/α-hetero) is 1. The van der Waals surface area contributed by atoms with Gasteiger partial charge in [-0.2, -0.15) is 0 Å². The van der Waals surface area contributed by atoms with Crippen LogP contribution in [0.15, 0.2) is 47.3 Å². The molecule has 0 aliphatic heterocycles. The molecule has 0 fully saturated rings. The molecule has 8 heteroatoms. The summed E-state index contributed by atoms with van der Waals surface area (Å²) in [5.74, 6) is 0.00966. The maximum atomic E-state index is 12.7. The van der Waals surface area contributed by atoms with Crippen molar-refractivity contribution in [3.63, 3.8) is 0 Å². The van der Waals surface area contributed by atoms with Crippen LogP contribution in [0.3, 0.4) is 0 Å². The van der Waals surface area contributed by atoms with Gasteiger partial charge in [-0.05, 0) is 69.9 Å². The van der Waals surface area contributed by atoms with E-state index in [0.717, 1.165) is 5.56 Å². The van der Waals surface area contributed by atoms with Crippen LogP contribution in [0.5, 0.6) is 0 Å². The van der Waals surface area contributed by atoms with Crippen molar-refractivity contribution < 1.29 is 14.3 Å². The number of halogens is 1. The number of fused-ring (bicyclic) bond motifs is 1. The number of ketones is 1. The molecule has 1 amide bonds. The molecule has 0 radical (unpaired) electrons. The Labute approximate surface area is 204 Å². The summed E-state index contributed by atoms with van der Waals surface area (Å²) in [5, 5.41) is 0.675. The van der Waals surface area contributed by atoms with Gasteiger partial charge in [0.15, 0.2) is 5.78 Å². The van der Waals surface area contributed by atoms with Gasteiger partial charge < -0.3 is 14.6 Å². The molecule has 34 heavy (non-hydrogen) atoms. The van der Waals surface area contributed by atoms with Crippen LogP contribution in [-0.2, 0) is 18.2 Å². The van der Waals surface area contributed by atoms with Crippen LogP contribution >= 0.6 is 11.6 Å². The van der Waals surface area contributed by atoms with E-state index in [9.17, 15) is 14.4 Å². The fourth-order valence-electron chi connectivity index (χ4n) is 3.71. The molecule has 1 aromatic heterocycles. The lowest BCUT2D eigenvalue weighted by molar-refractivity contribution is 0.0249. The van der Waals surface area contributed by atoms with Crippen molar-refractivity contribution in [3.05, 3.63) is 69.1 Å². The zero-order chi connectivity index (χ0) is 24.9. The van der Waals surface area contributed by atoms with Gasteiger partial charge in [0, 0.05) is 37.1 Å². The first-order valence-electron chi connectivity index (χ1n) is 11.5. The zero-order valence-electron chi connectivity index (χ0n) is 20.2. The number of hydrogen-bond donors (Lipinski definition) is 1. The van der Waals surface area contributed by atoms with Crippen molar-refractivity contribution in [2.45, 2.75) is 52.1 Å². The van der Waals surface area contributed by atoms with Gasteiger partial charge in [0.05, 0.1) is 11.0 Å². The summed E-state index contributed by atoms with van der Waals surface area (Å²) < 4.78 is 7.07. The van der Waals surface area contributed by atoms with Crippen LogP contribution in [0.2, 0.25) is 5.02 Å². The number of aryl methyl sites for hydroxylation is 1. The number of unbranched alkanes of at least 4 members (excludes halogenated alkanes) is 1. The van der Waals surface area contributed by atoms with Crippen LogP contribution in [0.25, 0.3) is 11.0 Å². The Hall–Kier alpha value is -3.06. The largest absolute Gasteiger partial charge is 0.444 e. The fraction of sp³-hybridized carbons (Fsp3) is 0.423. The smallest absolute Gasteiger partial charge is 0.410 e. The molecule has 1 heterocycles. The molecule has 3 aromatic rings. The molecule has 0 saturated heterocycles. The van der Waals surface area contributed by atoms with Crippen molar-refractivity contribution >= 4 is 34.5 Å². The number of amides is 1. The SMILES string of the molecule is Cn1c(=O)[nH]c2ccc(C(=O)CCCCN(CCc3ccccc3Cl)C(=O)OC(C)(C)C)cc21. The van der Waals surface area contributed by atoms with Gasteiger partial charge in [0.2, 0.25) is 0 Å². The Bertz CT molecular complexity index is 1220. The van der Waals surface area contributed by atoms with E-state index in [1.807, 2.05) is 45.0 Å². The molecule has 7 nitrogen and oxygen atoms in total. The molecule has 0 bridgehead atoms. The standard InChI is InChI=1S/C26H32ClN3O4/c1-26(2,3)34-25(33)30(16-14-18-9-5-6-10-20(18)27)15-8-7-11-23(31)19-12-13-21-22(17-19)29(4)24(32)28-21/h5-6,9-10,12-13,17H,7-8,11,14-16H2,1-4H3,(H,28,32). The van der Waals surface area contributed by atoms with E-state index in [0.29, 0.717) is 60.4 Å². The van der Waals surface area contributed by atoms with E-state index >= 15 is 0 Å². The minimum Gasteiger partial charge on any atom is -0.444 e. The number of rotatable bonds is 9. The van der Waals surface area contributed by atoms with E-state index in [4.69, 9.17) is 16.3 Å². The van der Waals surface area contributed by atoms with Gasteiger partial charge in [0.1, 0.15) is 5.60 Å². The highest BCUT2D eigenvalue weighted by molar-refractivity contribution is 6.31. The highest BCUT2D eigenvalue weighted by atomic mass is 35.5. The quantitative estimate of drug-likeness (QED) is 0.327. The number of aromatic amines is 1. The van der Waals surface area contributed by atoms with Crippen molar-refractivity contribution in [2.24, 2.45) is 7.05 Å². The summed E-state index contributed by atoms with van der Waals surface area (Å²) in [6.45, 7) is 6.48. The fourth-order valence-corrected chi connectivity index (χ4v) is 3.94. The first-order chi connectivity index (χ1) is 16.0. The van der Waals surface area contributed by atoms with E-state index in [2.05, 4.69) is 4.98 Å². The van der Waals surface area contributed by atoms with Crippen molar-refractivity contribution in [3.8, 4) is 0 Å². The predicted octanol–water partition coefficient (Wildman–Crippen LogP) is 5.35. The monoisotopic (exact) mass is 485 g/mol. The molecule has 0 atom stereocenters. The van der Waals surface area contributed by atoms with E-state index in [1.54, 1.807) is 30.1 Å². The normalized spacial score (nSPS) is 11.6. The Morgan fingerprint density at radius 2 is 1.82 bits per heavy atom. The number of H-pyrrole nitrogens is 1. The van der Waals surface area contributed by atoms with Gasteiger partial charge >= 0.3 is 11.8 Å². The lowest BCUT2D eigenvalue weighted by Gasteiger charge is -2.27. The Kier molecular flexibility index (Phi) is 8.20. The summed E-state index contributed by atoms with van der Waals surface area (Å²) in [7, 11) is 1.67. The number of imidazole rings is 1. The topological polar surface area (TPSA) is 84.4 Å². The van der Waals surface area contributed by atoms with Crippen molar-refractivity contribution in [1.82, 2.24) is 14.5 Å². The maximum absolute atomic E-state index is 12.7. The lowest BCUT2D eigenvalue weighted by Crippen LogP contribution is -2.38. The van der Waals surface area contributed by atoms with Crippen LogP contribution in [0.4, 0.5) is 4.79 Å². The molecule has 3 rings (SSSR count). The molecular formula is C26H32ClN3O4. The van der Waals surface area contributed by atoms with Crippen LogP contribution in [-0.4, -0.2) is 45.0 Å². The number of ether oxygens (including phenoxy) is 1. The van der Waals surface area contributed by atoms with Gasteiger partial charge in [-0.25, -0.2) is 9.59 Å². The predicted molar refractivity (Wildman–Crippen MR) is 135 cm³/mol. The van der Waals surface area contributed by atoms with Gasteiger partial charge in [-0.15, -0.1) is 0 Å². The molecule has 2 aromatic carbocycles. The summed E-state index contributed by atoms with van der Waals surface area (Å²) in [6.07, 6.45) is 1.90. The third kappa shape index (κ3) is 6.73. The summed E-state index contributed by atoms with van der Waals surface area (Å²) in [5.41, 5.74) is 2.15. The first kappa shape index (κ1) is 25.6. The summed E-state index contributed by atoms with van der Waals surface area (Å²) in [4.78, 5) is 41.7. The second-order valence-electron chi connectivity index (χ2n) is 9.41. The third-order valence-corrected chi connectivity index (χ3v) is 5.94. The molecule has 0 spiro atoms. The molecule has 0 unspecified atom stereocenters. The maximum Gasteiger partial charge on any atom is 0.410 e. The second-order valence-corrected chi connectivity index (χ2v) is 9.82. The van der Waals surface area contributed by atoms with Crippen LogP contribution in [0, 0.1) is 0 Å². The number of hydrogen-bond acceptors (Lipinski definition) is 4. The minimum atomic E-state index is -0.591. The Morgan fingerprint density at radius 3 is 2.53 bits per heavy atom. The average Bonchev–Trinajstić information content (AvgIpc) is 3.05. The van der Waals surface area contributed by atoms with Gasteiger partial charge in [-0.3, -0.25) is 9.36 Å². The Balaban J connectivity index is 1.57. The molecule has 182 valence electrons. The number of carbonyl (C=O) groups is 2. The number of nitrogens with zero attached hydrogens (tertiary/aromatic N) is 2. The summed E-state index contributed by atoms with van der Waals surface area (Å²) in [6, 6.07) is 12.8. The van der Waals surface area contributed by atoms with Crippen molar-refractivity contribution in [1.29, 1.82) is 0 Å². The second kappa shape index (κ2) is 10.9. The molecule has 0 saturated carbocycles. The number of aromatic nitrogens is 2. The number of nitrogens with one attached hydrogen (secondary N) is 1. The van der Waals surface area contributed by atoms with E-state index < -0.39 is 5.60 Å². The number of carbonyl (C=O) groups excluding carboxylic acids is 2. The zero-order valence-corrected chi connectivity index (χ0v) is 20.9. The molecule has 0 aliphatic carbocycles. The first-order valence-corrected chi connectivity index (χ1v) is 11.9. The third-order valence-electron chi connectivity index (χ3n) is 5.57. The average molecular weight is 486 g/mol. The lowest BCUT2D eigenvalue weighted by atomic mass is 10.0. The highest BCUT2D eigenvalue weighted by Gasteiger charge is 2.22. The number of benzene rings is 2. The van der Waals surface area contributed by atoms with Gasteiger partial charge in [-0.1, -0.05) is 29.8 Å². The van der Waals surface area contributed by atoms with Crippen LogP contribution < -0.4 is 5.69 Å².